The first-order valence-electron chi connectivity index (χ1n) is 5.45. The fraction of sp³-hybridized carbons (Fsp3) is 0.500. The molecule has 0 unspecified atom stereocenters. The Labute approximate surface area is 108 Å². The number of alkyl halides is 3. The predicted octanol–water partition coefficient (Wildman–Crippen LogP) is 4.61. The molecule has 0 radical (unpaired) electrons. The minimum Gasteiger partial charge on any atom is -0.380 e. The molecule has 1 aromatic carbocycles. The molecule has 1 nitrogen and oxygen atoms in total. The van der Waals surface area contributed by atoms with Gasteiger partial charge in [-0.1, -0.05) is 0 Å². The van der Waals surface area contributed by atoms with Crippen molar-refractivity contribution in [2.75, 3.05) is 11.1 Å². The molecule has 0 spiro atoms. The maximum atomic E-state index is 13.6. The molecule has 0 atom stereocenters. The van der Waals surface area contributed by atoms with E-state index in [1.54, 1.807) is 6.92 Å². The van der Waals surface area contributed by atoms with Crippen LogP contribution >= 0.6 is 11.8 Å². The Morgan fingerprint density at radius 1 is 1.28 bits per heavy atom. The summed E-state index contributed by atoms with van der Waals surface area (Å²) in [4.78, 5) is 0.442. The van der Waals surface area contributed by atoms with Crippen LogP contribution in [0.15, 0.2) is 17.0 Å². The standard InChI is InChI=1S/C12H15F4NS/c1-7(2)17-10-5-11(8(3)4-9(10)13)18-6-12(14,15)16/h4-5,7,17H,6H2,1-3H3. The summed E-state index contributed by atoms with van der Waals surface area (Å²) in [6.07, 6.45) is -4.23. The third-order valence-corrected chi connectivity index (χ3v) is 3.32. The van der Waals surface area contributed by atoms with Crippen LogP contribution in [-0.2, 0) is 0 Å². The van der Waals surface area contributed by atoms with Crippen LogP contribution in [0.2, 0.25) is 0 Å². The highest BCUT2D eigenvalue weighted by atomic mass is 32.2. The molecule has 102 valence electrons. The van der Waals surface area contributed by atoms with E-state index in [1.807, 2.05) is 13.8 Å². The van der Waals surface area contributed by atoms with Gasteiger partial charge in [0.05, 0.1) is 11.4 Å². The van der Waals surface area contributed by atoms with E-state index < -0.39 is 17.7 Å². The Morgan fingerprint density at radius 3 is 2.39 bits per heavy atom. The number of rotatable bonds is 4. The van der Waals surface area contributed by atoms with Crippen molar-refractivity contribution in [3.63, 3.8) is 0 Å². The van der Waals surface area contributed by atoms with Crippen molar-refractivity contribution in [2.45, 2.75) is 37.9 Å². The third-order valence-electron chi connectivity index (χ3n) is 2.10. The lowest BCUT2D eigenvalue weighted by atomic mass is 10.2. The molecule has 0 aliphatic carbocycles. The lowest BCUT2D eigenvalue weighted by Gasteiger charge is -2.14. The highest BCUT2D eigenvalue weighted by Crippen LogP contribution is 2.32. The van der Waals surface area contributed by atoms with E-state index >= 15 is 0 Å². The molecule has 1 aromatic rings. The van der Waals surface area contributed by atoms with Crippen LogP contribution in [0.4, 0.5) is 23.2 Å². The van der Waals surface area contributed by atoms with Crippen LogP contribution in [0.1, 0.15) is 19.4 Å². The Balaban J connectivity index is 2.91. The van der Waals surface area contributed by atoms with Crippen molar-refractivity contribution in [1.82, 2.24) is 0 Å². The van der Waals surface area contributed by atoms with E-state index in [9.17, 15) is 17.6 Å². The summed E-state index contributed by atoms with van der Waals surface area (Å²) in [6.45, 7) is 5.27. The average Bonchev–Trinajstić information content (AvgIpc) is 2.18. The maximum Gasteiger partial charge on any atom is 0.398 e. The molecule has 0 saturated carbocycles. The second-order valence-corrected chi connectivity index (χ2v) is 5.32. The Kier molecular flexibility index (Phi) is 4.90. The summed E-state index contributed by atoms with van der Waals surface area (Å²) in [7, 11) is 0. The normalized spacial score (nSPS) is 12.0. The van der Waals surface area contributed by atoms with E-state index in [0.717, 1.165) is 0 Å². The first-order chi connectivity index (χ1) is 8.19. The van der Waals surface area contributed by atoms with Gasteiger partial charge in [0, 0.05) is 10.9 Å². The zero-order chi connectivity index (χ0) is 13.9. The molecule has 1 N–H and O–H groups in total. The molecule has 0 saturated heterocycles. The molecular weight excluding hydrogens is 266 g/mol. The maximum absolute atomic E-state index is 13.6. The average molecular weight is 281 g/mol. The summed E-state index contributed by atoms with van der Waals surface area (Å²) in [5, 5.41) is 2.87. The van der Waals surface area contributed by atoms with Crippen molar-refractivity contribution >= 4 is 17.4 Å². The number of aryl methyl sites for hydroxylation is 1. The van der Waals surface area contributed by atoms with Crippen molar-refractivity contribution in [3.8, 4) is 0 Å². The number of nitrogens with one attached hydrogen (secondary N) is 1. The molecule has 0 heterocycles. The van der Waals surface area contributed by atoms with E-state index in [2.05, 4.69) is 5.32 Å². The first kappa shape index (κ1) is 15.1. The summed E-state index contributed by atoms with van der Waals surface area (Å²) < 4.78 is 50.0. The smallest absolute Gasteiger partial charge is 0.380 e. The summed E-state index contributed by atoms with van der Waals surface area (Å²) in [5.41, 5.74) is 0.747. The summed E-state index contributed by atoms with van der Waals surface area (Å²) in [6, 6.07) is 2.70. The molecule has 1 rings (SSSR count). The van der Waals surface area contributed by atoms with Gasteiger partial charge >= 0.3 is 6.18 Å². The monoisotopic (exact) mass is 281 g/mol. The Bertz CT molecular complexity index is 415. The highest BCUT2D eigenvalue weighted by Gasteiger charge is 2.27. The third kappa shape index (κ3) is 4.76. The largest absolute Gasteiger partial charge is 0.398 e. The van der Waals surface area contributed by atoms with Gasteiger partial charge in [-0.05, 0) is 38.5 Å². The van der Waals surface area contributed by atoms with Crippen LogP contribution in [0.5, 0.6) is 0 Å². The topological polar surface area (TPSA) is 12.0 Å². The molecule has 0 fully saturated rings. The number of benzene rings is 1. The van der Waals surface area contributed by atoms with Crippen molar-refractivity contribution in [3.05, 3.63) is 23.5 Å². The van der Waals surface area contributed by atoms with Gasteiger partial charge in [-0.2, -0.15) is 13.2 Å². The number of halogens is 4. The molecule has 6 heteroatoms. The first-order valence-corrected chi connectivity index (χ1v) is 6.44. The lowest BCUT2D eigenvalue weighted by molar-refractivity contribution is -0.105. The molecule has 0 aromatic heterocycles. The van der Waals surface area contributed by atoms with Gasteiger partial charge in [-0.3, -0.25) is 0 Å². The molecule has 0 amide bonds. The molecule has 18 heavy (non-hydrogen) atoms. The Morgan fingerprint density at radius 2 is 1.89 bits per heavy atom. The van der Waals surface area contributed by atoms with Crippen LogP contribution < -0.4 is 5.32 Å². The van der Waals surface area contributed by atoms with Crippen LogP contribution in [0, 0.1) is 12.7 Å². The fourth-order valence-electron chi connectivity index (χ4n) is 1.39. The second kappa shape index (κ2) is 5.82. The van der Waals surface area contributed by atoms with Gasteiger partial charge in [0.2, 0.25) is 0 Å². The second-order valence-electron chi connectivity index (χ2n) is 4.30. The van der Waals surface area contributed by atoms with Gasteiger partial charge in [0.25, 0.3) is 0 Å². The van der Waals surface area contributed by atoms with Crippen molar-refractivity contribution < 1.29 is 17.6 Å². The van der Waals surface area contributed by atoms with Crippen molar-refractivity contribution in [2.24, 2.45) is 0 Å². The SMILES string of the molecule is Cc1cc(F)c(NC(C)C)cc1SCC(F)(F)F. The zero-order valence-electron chi connectivity index (χ0n) is 10.4. The minimum atomic E-state index is -4.23. The molecule has 0 aliphatic rings. The van der Waals surface area contributed by atoms with Crippen molar-refractivity contribution in [1.29, 1.82) is 0 Å². The van der Waals surface area contributed by atoms with Crippen LogP contribution in [0.25, 0.3) is 0 Å². The zero-order valence-corrected chi connectivity index (χ0v) is 11.2. The highest BCUT2D eigenvalue weighted by molar-refractivity contribution is 7.99. The van der Waals surface area contributed by atoms with Crippen LogP contribution in [-0.4, -0.2) is 18.0 Å². The van der Waals surface area contributed by atoms with E-state index in [1.165, 1.54) is 12.1 Å². The van der Waals surface area contributed by atoms with Gasteiger partial charge in [-0.15, -0.1) is 11.8 Å². The van der Waals surface area contributed by atoms with E-state index in [-0.39, 0.29) is 11.7 Å². The molecule has 0 aliphatic heterocycles. The number of hydrogen-bond acceptors (Lipinski definition) is 2. The van der Waals surface area contributed by atoms with Gasteiger partial charge < -0.3 is 5.32 Å². The minimum absolute atomic E-state index is 0.0164. The quantitative estimate of drug-likeness (QED) is 0.639. The Hall–Kier alpha value is -0.910. The molecular formula is C12H15F4NS. The number of anilines is 1. The molecule has 0 bridgehead atoms. The number of hydrogen-bond donors (Lipinski definition) is 1. The van der Waals surface area contributed by atoms with Crippen LogP contribution in [0.3, 0.4) is 0 Å². The fourth-order valence-corrected chi connectivity index (χ4v) is 2.20. The summed E-state index contributed by atoms with van der Waals surface area (Å²) in [5.74, 6) is -1.42. The van der Waals surface area contributed by atoms with E-state index in [0.29, 0.717) is 22.2 Å². The van der Waals surface area contributed by atoms with Gasteiger partial charge in [0.1, 0.15) is 5.82 Å². The van der Waals surface area contributed by atoms with E-state index in [4.69, 9.17) is 0 Å². The lowest BCUT2D eigenvalue weighted by Crippen LogP contribution is -2.12. The predicted molar refractivity (Wildman–Crippen MR) is 66.7 cm³/mol. The number of thioether (sulfide) groups is 1. The summed E-state index contributed by atoms with van der Waals surface area (Å²) >= 11 is 0.672. The van der Waals surface area contributed by atoms with Gasteiger partial charge in [-0.25, -0.2) is 4.39 Å². The van der Waals surface area contributed by atoms with Gasteiger partial charge in [0.15, 0.2) is 0 Å².